The number of carboxylic acids is 1. The minimum absolute atomic E-state index is 0.0713. The number of pyridine rings is 1. The van der Waals surface area contributed by atoms with Gasteiger partial charge in [0.2, 0.25) is 0 Å². The minimum atomic E-state index is -1.05. The number of rotatable bonds is 3. The van der Waals surface area contributed by atoms with Gasteiger partial charge in [-0.3, -0.25) is 0 Å². The van der Waals surface area contributed by atoms with Crippen LogP contribution in [0, 0.1) is 6.92 Å². The molecule has 1 aromatic heterocycles. The van der Waals surface area contributed by atoms with Crippen LogP contribution in [0.5, 0.6) is 0 Å². The second kappa shape index (κ2) is 4.75. The highest BCUT2D eigenvalue weighted by Gasteiger charge is 2.07. The van der Waals surface area contributed by atoms with E-state index in [-0.39, 0.29) is 5.56 Å². The number of hydrogen-bond acceptors (Lipinski definition) is 4. The van der Waals surface area contributed by atoms with E-state index >= 15 is 0 Å². The molecule has 2 aromatic rings. The average molecular weight is 243 g/mol. The molecule has 18 heavy (non-hydrogen) atoms. The van der Waals surface area contributed by atoms with E-state index in [1.54, 1.807) is 0 Å². The van der Waals surface area contributed by atoms with Crippen LogP contribution in [0.2, 0.25) is 0 Å². The number of benzene rings is 1. The van der Waals surface area contributed by atoms with E-state index < -0.39 is 5.97 Å². The van der Waals surface area contributed by atoms with Gasteiger partial charge in [-0.1, -0.05) is 17.7 Å². The molecule has 0 spiro atoms. The summed E-state index contributed by atoms with van der Waals surface area (Å²) >= 11 is 0. The molecular weight excluding hydrogens is 230 g/mol. The lowest BCUT2D eigenvalue weighted by Gasteiger charge is -2.08. The summed E-state index contributed by atoms with van der Waals surface area (Å²) in [5, 5.41) is 11.8. The van der Waals surface area contributed by atoms with Crippen molar-refractivity contribution < 1.29 is 9.90 Å². The van der Waals surface area contributed by atoms with Crippen molar-refractivity contribution in [2.24, 2.45) is 0 Å². The van der Waals surface area contributed by atoms with Gasteiger partial charge in [0, 0.05) is 11.9 Å². The Hall–Kier alpha value is -2.56. The molecule has 5 nitrogen and oxygen atoms in total. The second-order valence-electron chi connectivity index (χ2n) is 3.96. The highest BCUT2D eigenvalue weighted by molar-refractivity contribution is 5.89. The smallest absolute Gasteiger partial charge is 0.337 e. The van der Waals surface area contributed by atoms with Crippen molar-refractivity contribution in [1.29, 1.82) is 0 Å². The summed E-state index contributed by atoms with van der Waals surface area (Å²) in [5.74, 6) is -0.597. The Balaban J connectivity index is 2.24. The zero-order valence-electron chi connectivity index (χ0n) is 9.84. The van der Waals surface area contributed by atoms with Crippen molar-refractivity contribution in [1.82, 2.24) is 4.98 Å². The molecule has 0 bridgehead atoms. The van der Waals surface area contributed by atoms with Gasteiger partial charge in [0.05, 0.1) is 11.3 Å². The van der Waals surface area contributed by atoms with Crippen molar-refractivity contribution in [2.75, 3.05) is 11.1 Å². The fourth-order valence-electron chi connectivity index (χ4n) is 1.48. The number of aryl methyl sites for hydroxylation is 1. The topological polar surface area (TPSA) is 88.2 Å². The molecule has 0 amide bonds. The first-order chi connectivity index (χ1) is 8.56. The average Bonchev–Trinajstić information content (AvgIpc) is 2.34. The molecule has 0 fully saturated rings. The van der Waals surface area contributed by atoms with E-state index in [2.05, 4.69) is 10.3 Å². The summed E-state index contributed by atoms with van der Waals surface area (Å²) in [6.07, 6.45) is 1.27. The number of aromatic nitrogens is 1. The molecule has 1 aromatic carbocycles. The van der Waals surface area contributed by atoms with E-state index in [1.165, 1.54) is 12.3 Å². The molecule has 0 aliphatic heterocycles. The molecule has 5 heteroatoms. The van der Waals surface area contributed by atoms with Crippen molar-refractivity contribution in [3.05, 3.63) is 47.7 Å². The monoisotopic (exact) mass is 243 g/mol. The van der Waals surface area contributed by atoms with Gasteiger partial charge in [-0.25, -0.2) is 9.78 Å². The third-order valence-electron chi connectivity index (χ3n) is 2.48. The molecule has 0 radical (unpaired) electrons. The van der Waals surface area contributed by atoms with Crippen LogP contribution >= 0.6 is 0 Å². The first-order valence-corrected chi connectivity index (χ1v) is 5.39. The predicted molar refractivity (Wildman–Crippen MR) is 70.1 cm³/mol. The normalized spacial score (nSPS) is 10.1. The van der Waals surface area contributed by atoms with E-state index in [9.17, 15) is 4.79 Å². The lowest BCUT2D eigenvalue weighted by molar-refractivity contribution is 0.0696. The third kappa shape index (κ3) is 2.57. The molecule has 0 saturated carbocycles. The van der Waals surface area contributed by atoms with Gasteiger partial charge in [0.25, 0.3) is 0 Å². The number of carboxylic acid groups (broad SMARTS) is 1. The summed E-state index contributed by atoms with van der Waals surface area (Å²) < 4.78 is 0. The van der Waals surface area contributed by atoms with Crippen LogP contribution in [0.15, 0.2) is 36.5 Å². The summed E-state index contributed by atoms with van der Waals surface area (Å²) in [6.45, 7) is 2.00. The quantitative estimate of drug-likeness (QED) is 0.770. The lowest BCUT2D eigenvalue weighted by Crippen LogP contribution is -2.03. The zero-order chi connectivity index (χ0) is 13.1. The Bertz CT molecular complexity index is 579. The maximum atomic E-state index is 10.7. The van der Waals surface area contributed by atoms with Gasteiger partial charge >= 0.3 is 5.97 Å². The summed E-state index contributed by atoms with van der Waals surface area (Å²) in [5.41, 5.74) is 8.13. The van der Waals surface area contributed by atoms with Gasteiger partial charge in [-0.05, 0) is 25.1 Å². The molecule has 92 valence electrons. The fraction of sp³-hybridized carbons (Fsp3) is 0.0769. The lowest BCUT2D eigenvalue weighted by atomic mass is 10.2. The first-order valence-electron chi connectivity index (χ1n) is 5.39. The zero-order valence-corrected chi connectivity index (χ0v) is 9.84. The standard InChI is InChI=1S/C13H13N3O2/c1-8-2-4-10(5-3-8)16-12-11(14)6-9(7-15-12)13(17)18/h2-7H,14H2,1H3,(H,15,16)(H,17,18). The van der Waals surface area contributed by atoms with Gasteiger partial charge in [-0.15, -0.1) is 0 Å². The second-order valence-corrected chi connectivity index (χ2v) is 3.96. The highest BCUT2D eigenvalue weighted by atomic mass is 16.4. The number of nitrogens with zero attached hydrogens (tertiary/aromatic N) is 1. The maximum absolute atomic E-state index is 10.7. The van der Waals surface area contributed by atoms with Crippen molar-refractivity contribution in [2.45, 2.75) is 6.92 Å². The van der Waals surface area contributed by atoms with Crippen LogP contribution in [-0.2, 0) is 0 Å². The van der Waals surface area contributed by atoms with Crippen LogP contribution in [0.1, 0.15) is 15.9 Å². The van der Waals surface area contributed by atoms with Crippen molar-refractivity contribution in [3.63, 3.8) is 0 Å². The van der Waals surface area contributed by atoms with Gasteiger partial charge in [0.15, 0.2) is 5.82 Å². The largest absolute Gasteiger partial charge is 0.478 e. The summed E-state index contributed by atoms with van der Waals surface area (Å²) in [6, 6.07) is 9.11. The molecule has 0 aliphatic rings. The van der Waals surface area contributed by atoms with E-state index in [0.29, 0.717) is 11.5 Å². The molecule has 0 saturated heterocycles. The van der Waals surface area contributed by atoms with Crippen LogP contribution in [0.3, 0.4) is 0 Å². The van der Waals surface area contributed by atoms with E-state index in [0.717, 1.165) is 11.3 Å². The highest BCUT2D eigenvalue weighted by Crippen LogP contribution is 2.21. The van der Waals surface area contributed by atoms with Crippen LogP contribution < -0.4 is 11.1 Å². The van der Waals surface area contributed by atoms with E-state index in [1.807, 2.05) is 31.2 Å². The SMILES string of the molecule is Cc1ccc(Nc2ncc(C(=O)O)cc2N)cc1. The van der Waals surface area contributed by atoms with Gasteiger partial charge < -0.3 is 16.2 Å². The van der Waals surface area contributed by atoms with Crippen LogP contribution in [0.4, 0.5) is 17.2 Å². The predicted octanol–water partition coefficient (Wildman–Crippen LogP) is 2.41. The van der Waals surface area contributed by atoms with Crippen molar-refractivity contribution >= 4 is 23.2 Å². The van der Waals surface area contributed by atoms with Gasteiger partial charge in [0.1, 0.15) is 0 Å². The molecule has 1 heterocycles. The first kappa shape index (κ1) is 11.9. The Morgan fingerprint density at radius 2 is 2.00 bits per heavy atom. The number of nitrogens with two attached hydrogens (primary N) is 1. The molecule has 0 unspecified atom stereocenters. The molecular formula is C13H13N3O2. The summed E-state index contributed by atoms with van der Waals surface area (Å²) in [7, 11) is 0. The minimum Gasteiger partial charge on any atom is -0.478 e. The van der Waals surface area contributed by atoms with E-state index in [4.69, 9.17) is 10.8 Å². The van der Waals surface area contributed by atoms with Crippen molar-refractivity contribution in [3.8, 4) is 0 Å². The Morgan fingerprint density at radius 3 is 2.56 bits per heavy atom. The fourth-order valence-corrected chi connectivity index (χ4v) is 1.48. The molecule has 4 N–H and O–H groups in total. The number of hydrogen-bond donors (Lipinski definition) is 3. The van der Waals surface area contributed by atoms with Gasteiger partial charge in [-0.2, -0.15) is 0 Å². The number of carbonyl (C=O) groups is 1. The molecule has 0 aliphatic carbocycles. The Labute approximate surface area is 104 Å². The Kier molecular flexibility index (Phi) is 3.14. The number of anilines is 3. The number of nitrogen functional groups attached to an aromatic ring is 1. The molecule has 0 atom stereocenters. The van der Waals surface area contributed by atoms with Crippen LogP contribution in [0.25, 0.3) is 0 Å². The van der Waals surface area contributed by atoms with Crippen LogP contribution in [-0.4, -0.2) is 16.1 Å². The summed E-state index contributed by atoms with van der Waals surface area (Å²) in [4.78, 5) is 14.7. The number of aromatic carboxylic acids is 1. The number of nitrogens with one attached hydrogen (secondary N) is 1. The molecule has 2 rings (SSSR count). The third-order valence-corrected chi connectivity index (χ3v) is 2.48. The maximum Gasteiger partial charge on any atom is 0.337 e. The Morgan fingerprint density at radius 1 is 1.33 bits per heavy atom.